The van der Waals surface area contributed by atoms with Crippen LogP contribution in [0.4, 0.5) is 0 Å². The molecule has 1 fully saturated rings. The van der Waals surface area contributed by atoms with Crippen LogP contribution in [0.1, 0.15) is 23.2 Å². The molecule has 0 unspecified atom stereocenters. The minimum absolute atomic E-state index is 0.274. The number of aliphatic imine (C=N–C) groups is 1. The Hall–Kier alpha value is -2.29. The zero-order chi connectivity index (χ0) is 13.4. The normalized spacial score (nSPS) is 24.2. The van der Waals surface area contributed by atoms with Crippen molar-refractivity contribution in [2.75, 3.05) is 13.1 Å². The predicted octanol–water partition coefficient (Wildman–Crippen LogP) is 2.74. The molecule has 2 heterocycles. The fraction of sp³-hybridized carbons (Fsp3) is 0.235. The molecule has 4 rings (SSSR count). The molecule has 3 nitrogen and oxygen atoms in total. The quantitative estimate of drug-likeness (QED) is 0.902. The molecule has 0 radical (unpaired) electrons. The Morgan fingerprint density at radius 1 is 0.850 bits per heavy atom. The lowest BCUT2D eigenvalue weighted by atomic mass is 10.1. The Kier molecular flexibility index (Phi) is 2.69. The standard InChI is InChI=1S/C17H17N3/c1-3-7-13(8-4-1)15-11-20-12-16(19-17(20)18-15)14-9-5-2-6-10-14/h1-10,15-16H,11-12H2,(H,18,19)/t15-,16-/m0/s1. The molecule has 0 amide bonds. The number of guanidine groups is 1. The number of rotatable bonds is 2. The van der Waals surface area contributed by atoms with Gasteiger partial charge in [0.15, 0.2) is 5.96 Å². The highest BCUT2D eigenvalue weighted by Gasteiger charge is 2.34. The van der Waals surface area contributed by atoms with Gasteiger partial charge in [0, 0.05) is 13.1 Å². The maximum absolute atomic E-state index is 4.83. The van der Waals surface area contributed by atoms with Crippen molar-refractivity contribution < 1.29 is 0 Å². The van der Waals surface area contributed by atoms with Crippen LogP contribution in [0.15, 0.2) is 65.7 Å². The van der Waals surface area contributed by atoms with E-state index in [0.717, 1.165) is 19.0 Å². The number of hydrogen-bond acceptors (Lipinski definition) is 3. The van der Waals surface area contributed by atoms with Gasteiger partial charge in [0.1, 0.15) is 0 Å². The monoisotopic (exact) mass is 263 g/mol. The summed E-state index contributed by atoms with van der Waals surface area (Å²) in [6.45, 7) is 1.99. The molecule has 1 N–H and O–H groups in total. The summed E-state index contributed by atoms with van der Waals surface area (Å²) in [5, 5.41) is 3.54. The summed E-state index contributed by atoms with van der Waals surface area (Å²) in [5.74, 6) is 1.05. The average Bonchev–Trinajstić information content (AvgIpc) is 3.08. The van der Waals surface area contributed by atoms with Crippen molar-refractivity contribution in [1.29, 1.82) is 0 Å². The Morgan fingerprint density at radius 2 is 1.50 bits per heavy atom. The van der Waals surface area contributed by atoms with Crippen LogP contribution in [0.2, 0.25) is 0 Å². The summed E-state index contributed by atoms with van der Waals surface area (Å²) in [4.78, 5) is 7.18. The molecule has 3 heteroatoms. The number of hydrogen-bond donors (Lipinski definition) is 1. The minimum Gasteiger partial charge on any atom is -0.348 e. The van der Waals surface area contributed by atoms with Gasteiger partial charge in [-0.2, -0.15) is 0 Å². The summed E-state index contributed by atoms with van der Waals surface area (Å²) in [6, 6.07) is 21.8. The predicted molar refractivity (Wildman–Crippen MR) is 80.5 cm³/mol. The fourth-order valence-electron chi connectivity index (χ4n) is 3.01. The van der Waals surface area contributed by atoms with Crippen molar-refractivity contribution in [2.24, 2.45) is 4.99 Å². The maximum atomic E-state index is 4.83. The minimum atomic E-state index is 0.274. The summed E-state index contributed by atoms with van der Waals surface area (Å²) >= 11 is 0. The van der Waals surface area contributed by atoms with E-state index in [2.05, 4.69) is 70.9 Å². The van der Waals surface area contributed by atoms with Crippen LogP contribution in [-0.4, -0.2) is 23.9 Å². The van der Waals surface area contributed by atoms with Crippen LogP contribution >= 0.6 is 0 Å². The zero-order valence-electron chi connectivity index (χ0n) is 11.2. The number of benzene rings is 2. The van der Waals surface area contributed by atoms with Crippen LogP contribution < -0.4 is 5.32 Å². The van der Waals surface area contributed by atoms with E-state index in [1.807, 2.05) is 0 Å². The van der Waals surface area contributed by atoms with Gasteiger partial charge in [0.05, 0.1) is 12.1 Å². The largest absolute Gasteiger partial charge is 0.348 e. The lowest BCUT2D eigenvalue weighted by Gasteiger charge is -2.15. The molecule has 2 aliphatic heterocycles. The third-order valence-corrected chi connectivity index (χ3v) is 4.06. The average molecular weight is 263 g/mol. The molecular weight excluding hydrogens is 246 g/mol. The SMILES string of the molecule is c1ccc([C@@H]2CN3C[C@@H](c4ccccc4)NC3=N2)cc1. The zero-order valence-corrected chi connectivity index (χ0v) is 11.2. The first kappa shape index (κ1) is 11.5. The lowest BCUT2D eigenvalue weighted by Crippen LogP contribution is -2.25. The Balaban J connectivity index is 1.53. The van der Waals surface area contributed by atoms with Crippen LogP contribution in [0.3, 0.4) is 0 Å². The van der Waals surface area contributed by atoms with Crippen molar-refractivity contribution in [1.82, 2.24) is 10.2 Å². The molecule has 2 aliphatic rings. The molecule has 2 atom stereocenters. The van der Waals surface area contributed by atoms with Crippen molar-refractivity contribution in [3.63, 3.8) is 0 Å². The van der Waals surface area contributed by atoms with E-state index < -0.39 is 0 Å². The summed E-state index contributed by atoms with van der Waals surface area (Å²) in [5.41, 5.74) is 2.63. The second-order valence-corrected chi connectivity index (χ2v) is 5.39. The van der Waals surface area contributed by atoms with Crippen LogP contribution in [0.25, 0.3) is 0 Å². The second-order valence-electron chi connectivity index (χ2n) is 5.39. The highest BCUT2D eigenvalue weighted by atomic mass is 15.4. The van der Waals surface area contributed by atoms with E-state index in [-0.39, 0.29) is 6.04 Å². The molecule has 2 aromatic rings. The molecule has 1 saturated heterocycles. The molecule has 100 valence electrons. The van der Waals surface area contributed by atoms with Crippen molar-refractivity contribution in [2.45, 2.75) is 12.1 Å². The van der Waals surface area contributed by atoms with Gasteiger partial charge < -0.3 is 10.2 Å². The van der Waals surface area contributed by atoms with Gasteiger partial charge in [-0.05, 0) is 11.1 Å². The van der Waals surface area contributed by atoms with E-state index in [4.69, 9.17) is 4.99 Å². The maximum Gasteiger partial charge on any atom is 0.195 e. The summed E-state index contributed by atoms with van der Waals surface area (Å²) < 4.78 is 0. The molecule has 20 heavy (non-hydrogen) atoms. The van der Waals surface area contributed by atoms with Crippen molar-refractivity contribution in [3.05, 3.63) is 71.8 Å². The first-order chi connectivity index (χ1) is 9.90. The van der Waals surface area contributed by atoms with Crippen molar-refractivity contribution in [3.8, 4) is 0 Å². The van der Waals surface area contributed by atoms with E-state index in [9.17, 15) is 0 Å². The van der Waals surface area contributed by atoms with E-state index >= 15 is 0 Å². The van der Waals surface area contributed by atoms with E-state index in [0.29, 0.717) is 6.04 Å². The third-order valence-electron chi connectivity index (χ3n) is 4.06. The van der Waals surface area contributed by atoms with Gasteiger partial charge in [-0.1, -0.05) is 60.7 Å². The molecule has 0 bridgehead atoms. The van der Waals surface area contributed by atoms with Gasteiger partial charge in [-0.3, -0.25) is 0 Å². The fourth-order valence-corrected chi connectivity index (χ4v) is 3.01. The highest BCUT2D eigenvalue weighted by molar-refractivity contribution is 5.84. The molecular formula is C17H17N3. The lowest BCUT2D eigenvalue weighted by molar-refractivity contribution is 0.433. The van der Waals surface area contributed by atoms with E-state index in [1.54, 1.807) is 0 Å². The van der Waals surface area contributed by atoms with Gasteiger partial charge in [-0.25, -0.2) is 4.99 Å². The van der Waals surface area contributed by atoms with Gasteiger partial charge in [0.2, 0.25) is 0 Å². The smallest absolute Gasteiger partial charge is 0.195 e. The van der Waals surface area contributed by atoms with Crippen LogP contribution in [0, 0.1) is 0 Å². The molecule has 0 saturated carbocycles. The topological polar surface area (TPSA) is 27.6 Å². The number of nitrogens with zero attached hydrogens (tertiary/aromatic N) is 2. The highest BCUT2D eigenvalue weighted by Crippen LogP contribution is 2.30. The van der Waals surface area contributed by atoms with Crippen molar-refractivity contribution >= 4 is 5.96 Å². The summed E-state index contributed by atoms with van der Waals surface area (Å²) in [7, 11) is 0. The van der Waals surface area contributed by atoms with Crippen LogP contribution in [-0.2, 0) is 0 Å². The second kappa shape index (κ2) is 4.67. The summed E-state index contributed by atoms with van der Waals surface area (Å²) in [6.07, 6.45) is 0. The molecule has 0 aliphatic carbocycles. The van der Waals surface area contributed by atoms with Gasteiger partial charge >= 0.3 is 0 Å². The Morgan fingerprint density at radius 3 is 2.15 bits per heavy atom. The molecule has 0 spiro atoms. The third kappa shape index (κ3) is 1.95. The Bertz CT molecular complexity index is 621. The number of fused-ring (bicyclic) bond motifs is 1. The first-order valence-electron chi connectivity index (χ1n) is 7.09. The van der Waals surface area contributed by atoms with E-state index in [1.165, 1.54) is 11.1 Å². The Labute approximate surface area is 119 Å². The molecule has 2 aromatic carbocycles. The number of nitrogens with one attached hydrogen (secondary N) is 1. The van der Waals surface area contributed by atoms with Crippen LogP contribution in [0.5, 0.6) is 0 Å². The first-order valence-corrected chi connectivity index (χ1v) is 7.09. The van der Waals surface area contributed by atoms with Gasteiger partial charge in [0.25, 0.3) is 0 Å². The van der Waals surface area contributed by atoms with Gasteiger partial charge in [-0.15, -0.1) is 0 Å². The molecule has 0 aromatic heterocycles.